The van der Waals surface area contributed by atoms with Crippen molar-refractivity contribution in [3.63, 3.8) is 0 Å². The van der Waals surface area contributed by atoms with E-state index in [1.54, 1.807) is 22.8 Å². The van der Waals surface area contributed by atoms with Gasteiger partial charge in [-0.15, -0.1) is 0 Å². The number of carbonyl (C=O) groups is 2. The minimum absolute atomic E-state index is 0.00826. The third kappa shape index (κ3) is 4.97. The highest BCUT2D eigenvalue weighted by Crippen LogP contribution is 2.24. The Balaban J connectivity index is 2.03. The number of rotatable bonds is 7. The van der Waals surface area contributed by atoms with E-state index in [9.17, 15) is 9.59 Å². The van der Waals surface area contributed by atoms with E-state index in [2.05, 4.69) is 18.0 Å². The molecule has 1 aromatic heterocycles. The van der Waals surface area contributed by atoms with Gasteiger partial charge in [-0.25, -0.2) is 0 Å². The number of nitrogens with zero attached hydrogens (tertiary/aromatic N) is 2. The van der Waals surface area contributed by atoms with Crippen LogP contribution in [0, 0.1) is 13.8 Å². The number of hydrogen-bond donors (Lipinski definition) is 0. The van der Waals surface area contributed by atoms with Gasteiger partial charge in [-0.1, -0.05) is 36.8 Å². The topological polar surface area (TPSA) is 69.9 Å². The molecule has 0 radical (unpaired) electrons. The minimum Gasteiger partial charge on any atom is -0.494 e. The maximum absolute atomic E-state index is 12.9. The lowest BCUT2D eigenvalue weighted by atomic mass is 10.1. The number of aryl methyl sites for hydroxylation is 2. The van der Waals surface area contributed by atoms with Crippen LogP contribution in [0.15, 0.2) is 41.4 Å². The second-order valence-electron chi connectivity index (χ2n) is 7.12. The van der Waals surface area contributed by atoms with Gasteiger partial charge >= 0.3 is 5.97 Å². The minimum atomic E-state index is -0.394. The molecule has 3 rings (SSSR count). The van der Waals surface area contributed by atoms with Crippen molar-refractivity contribution in [3.8, 4) is 5.75 Å². The van der Waals surface area contributed by atoms with E-state index in [0.717, 1.165) is 34.2 Å². The Morgan fingerprint density at radius 2 is 1.97 bits per heavy atom. The number of aromatic nitrogens is 1. The SMILES string of the molecule is CCCCOc1cccc(C(=O)N=c2sc3c(C)cc(C)cc3n2CC(=O)OC)c1. The van der Waals surface area contributed by atoms with Gasteiger partial charge in [0.25, 0.3) is 5.91 Å². The fraction of sp³-hybridized carbons (Fsp3) is 0.348. The van der Waals surface area contributed by atoms with Crippen LogP contribution < -0.4 is 9.54 Å². The average molecular weight is 427 g/mol. The van der Waals surface area contributed by atoms with Gasteiger partial charge in [-0.2, -0.15) is 4.99 Å². The summed E-state index contributed by atoms with van der Waals surface area (Å²) >= 11 is 1.39. The van der Waals surface area contributed by atoms with Gasteiger partial charge in [0.15, 0.2) is 4.80 Å². The molecule has 3 aromatic rings. The average Bonchev–Trinajstić information content (AvgIpc) is 3.05. The molecule has 7 heteroatoms. The largest absolute Gasteiger partial charge is 0.494 e. The molecule has 0 aliphatic heterocycles. The molecule has 30 heavy (non-hydrogen) atoms. The Kier molecular flexibility index (Phi) is 7.05. The van der Waals surface area contributed by atoms with Crippen molar-refractivity contribution >= 4 is 33.4 Å². The van der Waals surface area contributed by atoms with Crippen LogP contribution in [0.4, 0.5) is 0 Å². The Morgan fingerprint density at radius 3 is 2.70 bits per heavy atom. The van der Waals surface area contributed by atoms with Crippen molar-refractivity contribution < 1.29 is 19.1 Å². The Morgan fingerprint density at radius 1 is 1.17 bits per heavy atom. The van der Waals surface area contributed by atoms with Crippen LogP contribution in [0.5, 0.6) is 5.75 Å². The van der Waals surface area contributed by atoms with Crippen molar-refractivity contribution in [2.24, 2.45) is 4.99 Å². The first kappa shape index (κ1) is 21.8. The van der Waals surface area contributed by atoms with Crippen LogP contribution in [0.3, 0.4) is 0 Å². The van der Waals surface area contributed by atoms with E-state index in [0.29, 0.717) is 22.7 Å². The smallest absolute Gasteiger partial charge is 0.325 e. The zero-order valence-electron chi connectivity index (χ0n) is 17.7. The Bertz CT molecular complexity index is 1140. The van der Waals surface area contributed by atoms with E-state index in [1.165, 1.54) is 18.4 Å². The molecule has 1 heterocycles. The fourth-order valence-electron chi connectivity index (χ4n) is 3.15. The molecule has 0 saturated carbocycles. The summed E-state index contributed by atoms with van der Waals surface area (Å²) in [5, 5.41) is 0. The maximum atomic E-state index is 12.9. The Hall–Kier alpha value is -2.93. The summed E-state index contributed by atoms with van der Waals surface area (Å²) in [6.45, 7) is 6.71. The van der Waals surface area contributed by atoms with Crippen LogP contribution in [0.25, 0.3) is 10.2 Å². The number of esters is 1. The van der Waals surface area contributed by atoms with Crippen molar-refractivity contribution in [2.75, 3.05) is 13.7 Å². The van der Waals surface area contributed by atoms with Gasteiger partial charge in [0.2, 0.25) is 0 Å². The molecular formula is C23H26N2O4S. The molecule has 2 aromatic carbocycles. The number of amides is 1. The van der Waals surface area contributed by atoms with Gasteiger partial charge in [0.05, 0.1) is 23.9 Å². The van der Waals surface area contributed by atoms with Crippen LogP contribution in [-0.4, -0.2) is 30.2 Å². The highest BCUT2D eigenvalue weighted by atomic mass is 32.1. The summed E-state index contributed by atoms with van der Waals surface area (Å²) in [7, 11) is 1.35. The van der Waals surface area contributed by atoms with E-state index < -0.39 is 5.97 Å². The van der Waals surface area contributed by atoms with Crippen molar-refractivity contribution in [2.45, 2.75) is 40.2 Å². The molecular weight excluding hydrogens is 400 g/mol. The quantitative estimate of drug-likeness (QED) is 0.414. The molecule has 0 unspecified atom stereocenters. The van der Waals surface area contributed by atoms with Gasteiger partial charge in [-0.3, -0.25) is 9.59 Å². The maximum Gasteiger partial charge on any atom is 0.325 e. The molecule has 1 amide bonds. The predicted molar refractivity (Wildman–Crippen MR) is 118 cm³/mol. The first-order valence-corrected chi connectivity index (χ1v) is 10.7. The van der Waals surface area contributed by atoms with Crippen molar-refractivity contribution in [3.05, 3.63) is 57.9 Å². The number of fused-ring (bicyclic) bond motifs is 1. The molecule has 0 atom stereocenters. The zero-order valence-corrected chi connectivity index (χ0v) is 18.5. The molecule has 6 nitrogen and oxygen atoms in total. The van der Waals surface area contributed by atoms with Crippen LogP contribution in [0.2, 0.25) is 0 Å². The summed E-state index contributed by atoms with van der Waals surface area (Å²) in [6, 6.07) is 11.1. The van der Waals surface area contributed by atoms with Crippen LogP contribution >= 0.6 is 11.3 Å². The molecule has 0 N–H and O–H groups in total. The lowest BCUT2D eigenvalue weighted by Gasteiger charge is -2.06. The highest BCUT2D eigenvalue weighted by Gasteiger charge is 2.14. The highest BCUT2D eigenvalue weighted by molar-refractivity contribution is 7.16. The third-order valence-corrected chi connectivity index (χ3v) is 5.90. The molecule has 0 fully saturated rings. The summed E-state index contributed by atoms with van der Waals surface area (Å²) in [6.07, 6.45) is 2.00. The first-order chi connectivity index (χ1) is 14.4. The van der Waals surface area contributed by atoms with E-state index >= 15 is 0 Å². The number of ether oxygens (including phenoxy) is 2. The second kappa shape index (κ2) is 9.71. The van der Waals surface area contributed by atoms with Gasteiger partial charge < -0.3 is 14.0 Å². The predicted octanol–water partition coefficient (Wildman–Crippen LogP) is 4.41. The summed E-state index contributed by atoms with van der Waals surface area (Å²) in [4.78, 5) is 29.7. The number of carbonyl (C=O) groups excluding carboxylic acids is 2. The Labute approximate surface area is 179 Å². The molecule has 158 valence electrons. The molecule has 0 spiro atoms. The number of unbranched alkanes of at least 4 members (excludes halogenated alkanes) is 1. The lowest BCUT2D eigenvalue weighted by molar-refractivity contribution is -0.141. The zero-order chi connectivity index (χ0) is 21.7. The van der Waals surface area contributed by atoms with E-state index in [-0.39, 0.29) is 12.5 Å². The van der Waals surface area contributed by atoms with Crippen molar-refractivity contribution in [1.82, 2.24) is 4.57 Å². The number of methoxy groups -OCH3 is 1. The fourth-order valence-corrected chi connectivity index (χ4v) is 4.23. The lowest BCUT2D eigenvalue weighted by Crippen LogP contribution is -2.22. The summed E-state index contributed by atoms with van der Waals surface area (Å²) in [5.41, 5.74) is 3.46. The van der Waals surface area contributed by atoms with Crippen molar-refractivity contribution in [1.29, 1.82) is 0 Å². The van der Waals surface area contributed by atoms with E-state index in [4.69, 9.17) is 9.47 Å². The van der Waals surface area contributed by atoms with Crippen LogP contribution in [-0.2, 0) is 16.1 Å². The standard InChI is InChI=1S/C23H26N2O4S/c1-5-6-10-29-18-9-7-8-17(13-18)22(27)24-23-25(14-20(26)28-4)19-12-15(2)11-16(3)21(19)30-23/h7-9,11-13H,5-6,10,14H2,1-4H3. The van der Waals surface area contributed by atoms with E-state index in [1.807, 2.05) is 26.0 Å². The monoisotopic (exact) mass is 426 g/mol. The van der Waals surface area contributed by atoms with Gasteiger partial charge in [-0.05, 0) is 55.7 Å². The molecule has 0 saturated heterocycles. The summed E-state index contributed by atoms with van der Waals surface area (Å²) in [5.74, 6) is -0.126. The van der Waals surface area contributed by atoms with Gasteiger partial charge in [0.1, 0.15) is 12.3 Å². The van der Waals surface area contributed by atoms with Crippen LogP contribution in [0.1, 0.15) is 41.3 Å². The number of hydrogen-bond acceptors (Lipinski definition) is 5. The molecule has 0 bridgehead atoms. The number of benzene rings is 2. The first-order valence-electron chi connectivity index (χ1n) is 9.92. The normalized spacial score (nSPS) is 11.7. The summed E-state index contributed by atoms with van der Waals surface area (Å²) < 4.78 is 13.3. The molecule has 0 aliphatic carbocycles. The third-order valence-electron chi connectivity index (χ3n) is 4.67. The second-order valence-corrected chi connectivity index (χ2v) is 8.10. The molecule has 0 aliphatic rings. The number of thiazole rings is 1. The van der Waals surface area contributed by atoms with Gasteiger partial charge in [0, 0.05) is 5.56 Å².